The molecule has 1 saturated heterocycles. The third-order valence-corrected chi connectivity index (χ3v) is 6.72. The van der Waals surface area contributed by atoms with Crippen molar-refractivity contribution in [3.05, 3.63) is 63.6 Å². The molecule has 2 aliphatic heterocycles. The fraction of sp³-hybridized carbons (Fsp3) is 0.304. The Morgan fingerprint density at radius 3 is 2.19 bits per heavy atom. The van der Waals surface area contributed by atoms with Gasteiger partial charge in [-0.15, -0.1) is 11.3 Å². The Morgan fingerprint density at radius 1 is 0.839 bits per heavy atom. The number of ether oxygens (including phenoxy) is 2. The Morgan fingerprint density at radius 2 is 1.48 bits per heavy atom. The summed E-state index contributed by atoms with van der Waals surface area (Å²) in [6, 6.07) is 11.4. The van der Waals surface area contributed by atoms with Crippen molar-refractivity contribution in [3.8, 4) is 17.2 Å². The van der Waals surface area contributed by atoms with E-state index in [0.717, 1.165) is 22.0 Å². The lowest BCUT2D eigenvalue weighted by Gasteiger charge is -2.34. The Hall–Kier alpha value is -3.26. The topological polar surface area (TPSA) is 64.0 Å². The number of nitrogens with zero attached hydrogens (tertiary/aromatic N) is 3. The largest absolute Gasteiger partial charge is 0.454 e. The zero-order valence-electron chi connectivity index (χ0n) is 17.5. The summed E-state index contributed by atoms with van der Waals surface area (Å²) >= 11 is 1.46. The maximum atomic E-state index is 13.3. The summed E-state index contributed by atoms with van der Waals surface area (Å²) < 4.78 is 12.8. The van der Waals surface area contributed by atoms with Crippen LogP contribution < -0.4 is 9.47 Å². The van der Waals surface area contributed by atoms with Crippen LogP contribution in [0.1, 0.15) is 31.4 Å². The van der Waals surface area contributed by atoms with Crippen molar-refractivity contribution in [2.75, 3.05) is 33.0 Å². The van der Waals surface area contributed by atoms with Crippen LogP contribution in [0.4, 0.5) is 0 Å². The average Bonchev–Trinajstić information content (AvgIpc) is 3.52. The van der Waals surface area contributed by atoms with E-state index in [0.29, 0.717) is 43.2 Å². The van der Waals surface area contributed by atoms with Crippen LogP contribution in [-0.4, -0.2) is 59.2 Å². The molecule has 160 valence electrons. The van der Waals surface area contributed by atoms with Gasteiger partial charge in [0.1, 0.15) is 4.88 Å². The standard InChI is InChI=1S/C23H23N3O4S/c1-15-3-4-16(2)26(15)18-7-12-31-21(18)23(28)25-10-8-24(9-11-25)22(27)17-5-6-19-20(13-17)30-14-29-19/h3-7,12-13H,8-11,14H2,1-2H3. The number of amides is 2. The number of aromatic nitrogens is 1. The molecule has 1 fully saturated rings. The van der Waals surface area contributed by atoms with Crippen LogP contribution >= 0.6 is 11.3 Å². The number of hydrogen-bond donors (Lipinski definition) is 0. The number of piperazine rings is 1. The van der Waals surface area contributed by atoms with Gasteiger partial charge in [0.25, 0.3) is 11.8 Å². The van der Waals surface area contributed by atoms with Crippen molar-refractivity contribution in [2.24, 2.45) is 0 Å². The number of fused-ring (bicyclic) bond motifs is 1. The van der Waals surface area contributed by atoms with Gasteiger partial charge in [0.05, 0.1) is 5.69 Å². The molecule has 31 heavy (non-hydrogen) atoms. The van der Waals surface area contributed by atoms with E-state index in [9.17, 15) is 9.59 Å². The van der Waals surface area contributed by atoms with Gasteiger partial charge in [-0.05, 0) is 55.6 Å². The van der Waals surface area contributed by atoms with Gasteiger partial charge in [-0.3, -0.25) is 9.59 Å². The number of carbonyl (C=O) groups is 2. The van der Waals surface area contributed by atoms with Crippen LogP contribution in [0, 0.1) is 13.8 Å². The lowest BCUT2D eigenvalue weighted by Crippen LogP contribution is -2.50. The number of benzene rings is 1. The maximum Gasteiger partial charge on any atom is 0.266 e. The number of rotatable bonds is 3. The van der Waals surface area contributed by atoms with Gasteiger partial charge >= 0.3 is 0 Å². The predicted molar refractivity (Wildman–Crippen MR) is 117 cm³/mol. The van der Waals surface area contributed by atoms with Crippen molar-refractivity contribution in [2.45, 2.75) is 13.8 Å². The summed E-state index contributed by atoms with van der Waals surface area (Å²) in [5.74, 6) is 1.22. The molecule has 0 spiro atoms. The second kappa shape index (κ2) is 7.77. The molecule has 4 heterocycles. The number of aryl methyl sites for hydroxylation is 2. The fourth-order valence-corrected chi connectivity index (χ4v) is 5.00. The van der Waals surface area contributed by atoms with Gasteiger partial charge in [-0.25, -0.2) is 0 Å². The highest BCUT2D eigenvalue weighted by Gasteiger charge is 2.28. The highest BCUT2D eigenvalue weighted by Crippen LogP contribution is 2.33. The van der Waals surface area contributed by atoms with E-state index in [-0.39, 0.29) is 18.6 Å². The van der Waals surface area contributed by atoms with E-state index >= 15 is 0 Å². The first-order valence-electron chi connectivity index (χ1n) is 10.2. The zero-order valence-corrected chi connectivity index (χ0v) is 18.3. The molecule has 2 aliphatic rings. The molecule has 0 radical (unpaired) electrons. The first kappa shape index (κ1) is 19.7. The van der Waals surface area contributed by atoms with E-state index < -0.39 is 0 Å². The minimum Gasteiger partial charge on any atom is -0.454 e. The summed E-state index contributed by atoms with van der Waals surface area (Å²) in [6.07, 6.45) is 0. The molecule has 0 bridgehead atoms. The first-order chi connectivity index (χ1) is 15.0. The minimum absolute atomic E-state index is 0.0210. The second-order valence-corrected chi connectivity index (χ2v) is 8.66. The van der Waals surface area contributed by atoms with Crippen LogP contribution in [0.15, 0.2) is 41.8 Å². The molecule has 7 nitrogen and oxygen atoms in total. The van der Waals surface area contributed by atoms with Crippen LogP contribution in [0.5, 0.6) is 11.5 Å². The molecule has 3 aromatic rings. The molecular formula is C23H23N3O4S. The van der Waals surface area contributed by atoms with Gasteiger partial charge in [-0.2, -0.15) is 0 Å². The van der Waals surface area contributed by atoms with Crippen molar-refractivity contribution in [1.29, 1.82) is 0 Å². The summed E-state index contributed by atoms with van der Waals surface area (Å²) in [7, 11) is 0. The molecule has 2 amide bonds. The van der Waals surface area contributed by atoms with Crippen LogP contribution in [0.25, 0.3) is 5.69 Å². The number of hydrogen-bond acceptors (Lipinski definition) is 5. The molecule has 1 aromatic carbocycles. The van der Waals surface area contributed by atoms with Gasteiger partial charge in [-0.1, -0.05) is 0 Å². The van der Waals surface area contributed by atoms with Crippen molar-refractivity contribution in [3.63, 3.8) is 0 Å². The van der Waals surface area contributed by atoms with E-state index in [1.54, 1.807) is 23.1 Å². The lowest BCUT2D eigenvalue weighted by atomic mass is 10.1. The molecule has 2 aromatic heterocycles. The average molecular weight is 438 g/mol. The highest BCUT2D eigenvalue weighted by molar-refractivity contribution is 7.12. The Balaban J connectivity index is 1.28. The van der Waals surface area contributed by atoms with E-state index in [2.05, 4.69) is 16.7 Å². The molecule has 0 atom stereocenters. The van der Waals surface area contributed by atoms with Crippen LogP contribution in [-0.2, 0) is 0 Å². The van der Waals surface area contributed by atoms with Gasteiger partial charge < -0.3 is 23.8 Å². The predicted octanol–water partition coefficient (Wildman–Crippen LogP) is 3.48. The summed E-state index contributed by atoms with van der Waals surface area (Å²) in [5, 5.41) is 1.96. The summed E-state index contributed by atoms with van der Waals surface area (Å²) in [5.41, 5.74) is 3.70. The second-order valence-electron chi connectivity index (χ2n) is 7.74. The van der Waals surface area contributed by atoms with E-state index in [1.165, 1.54) is 11.3 Å². The van der Waals surface area contributed by atoms with Crippen LogP contribution in [0.3, 0.4) is 0 Å². The molecule has 0 N–H and O–H groups in total. The Bertz CT molecular complexity index is 1140. The van der Waals surface area contributed by atoms with E-state index in [1.807, 2.05) is 30.2 Å². The molecule has 0 saturated carbocycles. The first-order valence-corrected chi connectivity index (χ1v) is 11.1. The summed E-state index contributed by atoms with van der Waals surface area (Å²) in [6.45, 7) is 6.29. The van der Waals surface area contributed by atoms with Crippen molar-refractivity contribution >= 4 is 23.2 Å². The molecule has 8 heteroatoms. The number of thiophene rings is 1. The molecule has 0 aliphatic carbocycles. The minimum atomic E-state index is -0.0548. The van der Waals surface area contributed by atoms with Gasteiger partial charge in [0.2, 0.25) is 6.79 Å². The van der Waals surface area contributed by atoms with Gasteiger partial charge in [0, 0.05) is 43.1 Å². The Labute approximate surface area is 184 Å². The van der Waals surface area contributed by atoms with Crippen molar-refractivity contribution < 1.29 is 19.1 Å². The smallest absolute Gasteiger partial charge is 0.266 e. The normalized spacial score (nSPS) is 15.4. The number of carbonyl (C=O) groups excluding carboxylic acids is 2. The lowest BCUT2D eigenvalue weighted by molar-refractivity contribution is 0.0538. The quantitative estimate of drug-likeness (QED) is 0.629. The third kappa shape index (κ3) is 3.46. The van der Waals surface area contributed by atoms with E-state index in [4.69, 9.17) is 9.47 Å². The molecule has 0 unspecified atom stereocenters. The van der Waals surface area contributed by atoms with Gasteiger partial charge in [0.15, 0.2) is 11.5 Å². The summed E-state index contributed by atoms with van der Waals surface area (Å²) in [4.78, 5) is 30.5. The fourth-order valence-electron chi connectivity index (χ4n) is 4.16. The highest BCUT2D eigenvalue weighted by atomic mass is 32.1. The maximum absolute atomic E-state index is 13.3. The zero-order chi connectivity index (χ0) is 21.5. The Kier molecular flexibility index (Phi) is 4.94. The van der Waals surface area contributed by atoms with Crippen molar-refractivity contribution in [1.82, 2.24) is 14.4 Å². The molecular weight excluding hydrogens is 414 g/mol. The monoisotopic (exact) mass is 437 g/mol. The van der Waals surface area contributed by atoms with Crippen LogP contribution in [0.2, 0.25) is 0 Å². The molecule has 5 rings (SSSR count). The SMILES string of the molecule is Cc1ccc(C)n1-c1ccsc1C(=O)N1CCN(C(=O)c2ccc3c(c2)OCO3)CC1. The third-order valence-electron chi connectivity index (χ3n) is 5.82.